The first kappa shape index (κ1) is 14.1. The maximum Gasteiger partial charge on any atom is 0.139 e. The summed E-state index contributed by atoms with van der Waals surface area (Å²) >= 11 is 3.18. The topological polar surface area (TPSA) is 42.7 Å². The molecule has 0 aliphatic carbocycles. The molecule has 6 heteroatoms. The first-order chi connectivity index (χ1) is 9.13. The number of nitrogens with zero attached hydrogens (tertiary/aromatic N) is 3. The summed E-state index contributed by atoms with van der Waals surface area (Å²) in [5, 5.41) is 11.2. The monoisotopic (exact) mass is 326 g/mol. The largest absolute Gasteiger partial charge is 0.311 e. The predicted molar refractivity (Wildman–Crippen MR) is 75.8 cm³/mol. The molecule has 102 valence electrons. The van der Waals surface area contributed by atoms with Crippen molar-refractivity contribution in [3.05, 3.63) is 39.9 Å². The molecule has 2 aromatic rings. The van der Waals surface area contributed by atoms with Gasteiger partial charge in [0, 0.05) is 12.6 Å². The minimum Gasteiger partial charge on any atom is -0.311 e. The molecule has 4 nitrogen and oxygen atoms in total. The van der Waals surface area contributed by atoms with Gasteiger partial charge in [-0.1, -0.05) is 12.1 Å². The minimum absolute atomic E-state index is 0.302. The van der Waals surface area contributed by atoms with Crippen molar-refractivity contribution < 1.29 is 4.39 Å². The van der Waals surface area contributed by atoms with Gasteiger partial charge in [0.2, 0.25) is 0 Å². The van der Waals surface area contributed by atoms with E-state index >= 15 is 0 Å². The lowest BCUT2D eigenvalue weighted by Gasteiger charge is -2.10. The van der Waals surface area contributed by atoms with Crippen molar-refractivity contribution in [1.29, 1.82) is 0 Å². The second kappa shape index (κ2) is 6.25. The Morgan fingerprint density at radius 3 is 2.95 bits per heavy atom. The van der Waals surface area contributed by atoms with Crippen LogP contribution >= 0.6 is 15.9 Å². The second-order valence-corrected chi connectivity index (χ2v) is 5.22. The lowest BCUT2D eigenvalue weighted by Crippen LogP contribution is -2.17. The molecule has 0 fully saturated rings. The van der Waals surface area contributed by atoms with Gasteiger partial charge in [-0.3, -0.25) is 0 Å². The van der Waals surface area contributed by atoms with Crippen molar-refractivity contribution in [2.45, 2.75) is 26.8 Å². The summed E-state index contributed by atoms with van der Waals surface area (Å²) < 4.78 is 15.8. The molecule has 0 bridgehead atoms. The zero-order valence-corrected chi connectivity index (χ0v) is 12.5. The van der Waals surface area contributed by atoms with Gasteiger partial charge in [-0.15, -0.1) is 5.10 Å². The van der Waals surface area contributed by atoms with E-state index in [9.17, 15) is 4.39 Å². The summed E-state index contributed by atoms with van der Waals surface area (Å²) in [5.74, 6) is -0.302. The lowest BCUT2D eigenvalue weighted by molar-refractivity contribution is 0.612. The van der Waals surface area contributed by atoms with Gasteiger partial charge >= 0.3 is 0 Å². The van der Waals surface area contributed by atoms with Crippen LogP contribution in [0.25, 0.3) is 5.69 Å². The van der Waals surface area contributed by atoms with Crippen LogP contribution in [0.3, 0.4) is 0 Å². The molecule has 0 saturated heterocycles. The number of nitrogens with one attached hydrogen (secondary N) is 1. The van der Waals surface area contributed by atoms with Gasteiger partial charge in [-0.25, -0.2) is 9.07 Å². The van der Waals surface area contributed by atoms with E-state index in [1.807, 2.05) is 6.92 Å². The number of halogens is 2. The maximum atomic E-state index is 13.7. The number of hydrogen-bond acceptors (Lipinski definition) is 3. The third-order valence-corrected chi connectivity index (χ3v) is 3.43. The highest BCUT2D eigenvalue weighted by Gasteiger charge is 2.11. The molecule has 0 radical (unpaired) electrons. The van der Waals surface area contributed by atoms with Gasteiger partial charge in [0.1, 0.15) is 5.82 Å². The molecule has 2 rings (SSSR count). The number of hydrogen-bond donors (Lipinski definition) is 1. The van der Waals surface area contributed by atoms with Crippen LogP contribution in [-0.2, 0) is 6.54 Å². The maximum absolute atomic E-state index is 13.7. The molecular weight excluding hydrogens is 311 g/mol. The molecule has 1 heterocycles. The Bertz CT molecular complexity index is 568. The highest BCUT2D eigenvalue weighted by atomic mass is 79.9. The molecule has 0 saturated carbocycles. The Labute approximate surface area is 120 Å². The Kier molecular flexibility index (Phi) is 4.66. The Morgan fingerprint density at radius 2 is 2.21 bits per heavy atom. The van der Waals surface area contributed by atoms with Crippen molar-refractivity contribution in [3.8, 4) is 5.69 Å². The number of rotatable bonds is 5. The first-order valence-corrected chi connectivity index (χ1v) is 6.99. The van der Waals surface area contributed by atoms with Crippen molar-refractivity contribution >= 4 is 15.9 Å². The first-order valence-electron chi connectivity index (χ1n) is 6.19. The molecule has 0 aliphatic heterocycles. The highest BCUT2D eigenvalue weighted by Crippen LogP contribution is 2.23. The summed E-state index contributed by atoms with van der Waals surface area (Å²) in [4.78, 5) is 0. The van der Waals surface area contributed by atoms with Crippen LogP contribution in [-0.4, -0.2) is 21.5 Å². The van der Waals surface area contributed by atoms with Crippen LogP contribution in [0.1, 0.15) is 24.6 Å². The SMILES string of the molecule is CCCNCc1cnnn1-c1cc(F)c(Br)cc1C. The van der Waals surface area contributed by atoms with Gasteiger partial charge in [-0.2, -0.15) is 0 Å². The molecule has 0 spiro atoms. The van der Waals surface area contributed by atoms with E-state index in [1.165, 1.54) is 6.07 Å². The smallest absolute Gasteiger partial charge is 0.139 e. The third kappa shape index (κ3) is 3.19. The molecule has 0 unspecified atom stereocenters. The Balaban J connectivity index is 2.32. The quantitative estimate of drug-likeness (QED) is 0.859. The average Bonchev–Trinajstić information content (AvgIpc) is 2.82. The van der Waals surface area contributed by atoms with Crippen molar-refractivity contribution in [3.63, 3.8) is 0 Å². The van der Waals surface area contributed by atoms with E-state index in [4.69, 9.17) is 0 Å². The van der Waals surface area contributed by atoms with Crippen LogP contribution < -0.4 is 5.32 Å². The predicted octanol–water partition coefficient (Wildman–Crippen LogP) is 2.98. The minimum atomic E-state index is -0.302. The van der Waals surface area contributed by atoms with E-state index in [0.29, 0.717) is 16.7 Å². The van der Waals surface area contributed by atoms with E-state index in [-0.39, 0.29) is 5.82 Å². The number of aryl methyl sites for hydroxylation is 1. The normalized spacial score (nSPS) is 10.9. The number of benzene rings is 1. The van der Waals surface area contributed by atoms with Gasteiger partial charge in [0.05, 0.1) is 22.1 Å². The van der Waals surface area contributed by atoms with Gasteiger partial charge in [-0.05, 0) is 47.4 Å². The van der Waals surface area contributed by atoms with Gasteiger partial charge in [0.25, 0.3) is 0 Å². The van der Waals surface area contributed by atoms with Crippen LogP contribution in [0.5, 0.6) is 0 Å². The molecule has 0 atom stereocenters. The molecule has 1 N–H and O–H groups in total. The van der Waals surface area contributed by atoms with Crippen LogP contribution in [0.2, 0.25) is 0 Å². The molecule has 1 aromatic carbocycles. The van der Waals surface area contributed by atoms with Crippen molar-refractivity contribution in [1.82, 2.24) is 20.3 Å². The second-order valence-electron chi connectivity index (χ2n) is 4.37. The summed E-state index contributed by atoms with van der Waals surface area (Å²) in [6.45, 7) is 5.62. The molecule has 0 aliphatic rings. The summed E-state index contributed by atoms with van der Waals surface area (Å²) in [6.07, 6.45) is 2.76. The Hall–Kier alpha value is -1.27. The lowest BCUT2D eigenvalue weighted by atomic mass is 10.2. The van der Waals surface area contributed by atoms with E-state index in [0.717, 1.165) is 24.2 Å². The zero-order chi connectivity index (χ0) is 13.8. The van der Waals surface area contributed by atoms with Gasteiger partial charge in [0.15, 0.2) is 0 Å². The molecule has 0 amide bonds. The van der Waals surface area contributed by atoms with E-state index < -0.39 is 0 Å². The van der Waals surface area contributed by atoms with Gasteiger partial charge < -0.3 is 5.32 Å². The zero-order valence-electron chi connectivity index (χ0n) is 11.0. The standard InChI is InChI=1S/C13H16BrFN4/c1-3-4-16-7-10-8-17-18-19(10)13-6-12(15)11(14)5-9(13)2/h5-6,8,16H,3-4,7H2,1-2H3. The summed E-state index contributed by atoms with van der Waals surface area (Å²) in [5.41, 5.74) is 2.57. The van der Waals surface area contributed by atoms with Crippen molar-refractivity contribution in [2.24, 2.45) is 0 Å². The van der Waals surface area contributed by atoms with Crippen LogP contribution in [0.15, 0.2) is 22.8 Å². The molecule has 1 aromatic heterocycles. The van der Waals surface area contributed by atoms with E-state index in [2.05, 4.69) is 38.5 Å². The van der Waals surface area contributed by atoms with Crippen LogP contribution in [0, 0.1) is 12.7 Å². The molecule has 19 heavy (non-hydrogen) atoms. The average molecular weight is 327 g/mol. The Morgan fingerprint density at radius 1 is 1.42 bits per heavy atom. The highest BCUT2D eigenvalue weighted by molar-refractivity contribution is 9.10. The van der Waals surface area contributed by atoms with E-state index in [1.54, 1.807) is 16.9 Å². The van der Waals surface area contributed by atoms with Crippen molar-refractivity contribution in [2.75, 3.05) is 6.54 Å². The fourth-order valence-corrected chi connectivity index (χ4v) is 2.29. The fraction of sp³-hybridized carbons (Fsp3) is 0.385. The summed E-state index contributed by atoms with van der Waals surface area (Å²) in [6, 6.07) is 3.22. The molecular formula is C13H16BrFN4. The number of aromatic nitrogens is 3. The van der Waals surface area contributed by atoms with Crippen LogP contribution in [0.4, 0.5) is 4.39 Å². The third-order valence-electron chi connectivity index (χ3n) is 2.82. The summed E-state index contributed by atoms with van der Waals surface area (Å²) in [7, 11) is 0. The fourth-order valence-electron chi connectivity index (χ4n) is 1.84.